The minimum atomic E-state index is 0.935. The molecule has 0 N–H and O–H groups in total. The molecule has 0 saturated carbocycles. The Morgan fingerprint density at radius 1 is 0.941 bits per heavy atom. The number of para-hydroxylation sites is 3. The van der Waals surface area contributed by atoms with Crippen LogP contribution in [0.5, 0.6) is 0 Å². The lowest BCUT2D eigenvalue weighted by atomic mass is 10.3. The van der Waals surface area contributed by atoms with Gasteiger partial charge in [-0.3, -0.25) is 4.57 Å². The van der Waals surface area contributed by atoms with Gasteiger partial charge in [0.15, 0.2) is 0 Å². The van der Waals surface area contributed by atoms with E-state index in [2.05, 4.69) is 9.98 Å². The molecule has 0 saturated heterocycles. The van der Waals surface area contributed by atoms with Crippen LogP contribution in [0.3, 0.4) is 0 Å². The molecule has 3 rings (SSSR count). The summed E-state index contributed by atoms with van der Waals surface area (Å²) in [5.74, 6) is 0. The highest BCUT2D eigenvalue weighted by Gasteiger charge is 1.97. The van der Waals surface area contributed by atoms with Gasteiger partial charge in [-0.15, -0.1) is 0 Å². The molecule has 17 heavy (non-hydrogen) atoms. The fourth-order valence-electron chi connectivity index (χ4n) is 1.71. The summed E-state index contributed by atoms with van der Waals surface area (Å²) in [7, 11) is 0. The van der Waals surface area contributed by atoms with Gasteiger partial charge in [-0.2, -0.15) is 0 Å². The maximum atomic E-state index is 4.40. The van der Waals surface area contributed by atoms with E-state index in [1.54, 1.807) is 12.7 Å². The minimum Gasteiger partial charge on any atom is -0.289 e. The van der Waals surface area contributed by atoms with E-state index in [0.717, 1.165) is 16.7 Å². The number of benzene rings is 2. The Morgan fingerprint density at radius 2 is 1.71 bits per heavy atom. The average Bonchev–Trinajstić information content (AvgIpc) is 2.81. The van der Waals surface area contributed by atoms with E-state index >= 15 is 0 Å². The highest BCUT2D eigenvalue weighted by molar-refractivity contribution is 5.83. The Bertz CT molecular complexity index is 653. The van der Waals surface area contributed by atoms with Gasteiger partial charge in [0.1, 0.15) is 12.7 Å². The predicted octanol–water partition coefficient (Wildman–Crippen LogP) is 3.24. The van der Waals surface area contributed by atoms with Crippen LogP contribution < -0.4 is 0 Å². The largest absolute Gasteiger partial charge is 0.289 e. The van der Waals surface area contributed by atoms with Crippen molar-refractivity contribution < 1.29 is 0 Å². The zero-order chi connectivity index (χ0) is 11.5. The fourth-order valence-corrected chi connectivity index (χ4v) is 1.71. The van der Waals surface area contributed by atoms with Crippen LogP contribution in [0.4, 0.5) is 5.69 Å². The number of rotatable bonds is 2. The topological polar surface area (TPSA) is 30.2 Å². The van der Waals surface area contributed by atoms with E-state index in [-0.39, 0.29) is 0 Å². The first-order chi connectivity index (χ1) is 8.43. The molecule has 0 aliphatic heterocycles. The molecule has 82 valence electrons. The number of aromatic nitrogens is 2. The molecule has 2 aromatic carbocycles. The van der Waals surface area contributed by atoms with Crippen LogP contribution >= 0.6 is 0 Å². The fraction of sp³-hybridized carbons (Fsp3) is 0. The molecular formula is C14H11N3. The number of aliphatic imine (C=N–C) groups is 1. The van der Waals surface area contributed by atoms with Crippen LogP contribution in [0.25, 0.3) is 11.0 Å². The molecule has 3 aromatic rings. The summed E-state index contributed by atoms with van der Waals surface area (Å²) in [4.78, 5) is 8.70. The maximum Gasteiger partial charge on any atom is 0.101 e. The summed E-state index contributed by atoms with van der Waals surface area (Å²) < 4.78 is 1.92. The van der Waals surface area contributed by atoms with E-state index in [1.807, 2.05) is 59.2 Å². The van der Waals surface area contributed by atoms with E-state index in [9.17, 15) is 0 Å². The molecule has 0 radical (unpaired) electrons. The molecule has 0 amide bonds. The van der Waals surface area contributed by atoms with Gasteiger partial charge in [0, 0.05) is 0 Å². The highest BCUT2D eigenvalue weighted by atomic mass is 15.1. The monoisotopic (exact) mass is 221 g/mol. The van der Waals surface area contributed by atoms with Crippen molar-refractivity contribution in [2.75, 3.05) is 0 Å². The molecule has 0 atom stereocenters. The predicted molar refractivity (Wildman–Crippen MR) is 69.7 cm³/mol. The van der Waals surface area contributed by atoms with Gasteiger partial charge in [-0.05, 0) is 24.3 Å². The van der Waals surface area contributed by atoms with E-state index in [4.69, 9.17) is 0 Å². The van der Waals surface area contributed by atoms with Gasteiger partial charge in [-0.25, -0.2) is 9.98 Å². The second-order valence-corrected chi connectivity index (χ2v) is 3.72. The first-order valence-electron chi connectivity index (χ1n) is 5.44. The normalized spacial score (nSPS) is 11.3. The molecule has 1 heterocycles. The van der Waals surface area contributed by atoms with Crippen molar-refractivity contribution in [2.24, 2.45) is 4.99 Å². The molecule has 0 aliphatic carbocycles. The number of fused-ring (bicyclic) bond motifs is 1. The van der Waals surface area contributed by atoms with Crippen molar-refractivity contribution in [1.82, 2.24) is 9.55 Å². The quantitative estimate of drug-likeness (QED) is 0.482. The number of imidazole rings is 1. The molecule has 0 unspecified atom stereocenters. The molecule has 3 nitrogen and oxygen atoms in total. The third-order valence-corrected chi connectivity index (χ3v) is 2.57. The third kappa shape index (κ3) is 1.95. The molecule has 0 fully saturated rings. The first-order valence-corrected chi connectivity index (χ1v) is 5.44. The Morgan fingerprint density at radius 3 is 2.59 bits per heavy atom. The van der Waals surface area contributed by atoms with Crippen LogP contribution in [0.1, 0.15) is 0 Å². The summed E-state index contributed by atoms with van der Waals surface area (Å²) >= 11 is 0. The Hall–Kier alpha value is -2.42. The maximum absolute atomic E-state index is 4.40. The van der Waals surface area contributed by atoms with Crippen LogP contribution in [0.2, 0.25) is 0 Å². The summed E-state index contributed by atoms with van der Waals surface area (Å²) in [6.07, 6.45) is 3.56. The summed E-state index contributed by atoms with van der Waals surface area (Å²) in [5, 5.41) is 0. The van der Waals surface area contributed by atoms with E-state index in [0.29, 0.717) is 0 Å². The van der Waals surface area contributed by atoms with Crippen molar-refractivity contribution >= 4 is 23.1 Å². The third-order valence-electron chi connectivity index (χ3n) is 2.57. The Labute approximate surface area is 99.1 Å². The van der Waals surface area contributed by atoms with Crippen LogP contribution in [-0.4, -0.2) is 15.9 Å². The van der Waals surface area contributed by atoms with Gasteiger partial charge in [-0.1, -0.05) is 30.3 Å². The first kappa shape index (κ1) is 9.78. The van der Waals surface area contributed by atoms with E-state index in [1.165, 1.54) is 0 Å². The zero-order valence-electron chi connectivity index (χ0n) is 9.19. The lowest BCUT2D eigenvalue weighted by Crippen LogP contribution is -1.91. The van der Waals surface area contributed by atoms with Crippen LogP contribution in [0.15, 0.2) is 65.9 Å². The molecule has 0 aliphatic rings. The average molecular weight is 221 g/mol. The van der Waals surface area contributed by atoms with Gasteiger partial charge in [0.05, 0.1) is 16.7 Å². The molecule has 0 spiro atoms. The van der Waals surface area contributed by atoms with Gasteiger partial charge in [0.25, 0.3) is 0 Å². The highest BCUT2D eigenvalue weighted by Crippen LogP contribution is 2.12. The van der Waals surface area contributed by atoms with Gasteiger partial charge < -0.3 is 0 Å². The van der Waals surface area contributed by atoms with Gasteiger partial charge >= 0.3 is 0 Å². The van der Waals surface area contributed by atoms with Crippen molar-refractivity contribution in [3.63, 3.8) is 0 Å². The molecule has 3 heteroatoms. The Kier molecular flexibility index (Phi) is 2.43. The van der Waals surface area contributed by atoms with Crippen molar-refractivity contribution in [1.29, 1.82) is 0 Å². The Balaban J connectivity index is 1.98. The minimum absolute atomic E-state index is 0.935. The summed E-state index contributed by atoms with van der Waals surface area (Å²) in [5.41, 5.74) is 2.98. The SMILES string of the molecule is C(=Nc1ccccc1)n1cnc2ccccc21. The van der Waals surface area contributed by atoms with Gasteiger partial charge in [0.2, 0.25) is 0 Å². The lowest BCUT2D eigenvalue weighted by molar-refractivity contribution is 1.19. The number of hydrogen-bond donors (Lipinski definition) is 0. The standard InChI is InChI=1S/C14H11N3/c1-2-6-12(7-3-1)15-10-17-11-16-13-8-4-5-9-14(13)17/h1-11H. The lowest BCUT2D eigenvalue weighted by Gasteiger charge is -1.95. The number of nitrogens with zero attached hydrogens (tertiary/aromatic N) is 3. The smallest absolute Gasteiger partial charge is 0.101 e. The second kappa shape index (κ2) is 4.22. The second-order valence-electron chi connectivity index (χ2n) is 3.72. The van der Waals surface area contributed by atoms with Crippen molar-refractivity contribution in [3.05, 3.63) is 60.9 Å². The summed E-state index contributed by atoms with van der Waals surface area (Å²) in [6.45, 7) is 0. The van der Waals surface area contributed by atoms with Crippen LogP contribution in [-0.2, 0) is 0 Å². The molecule has 1 aromatic heterocycles. The molecular weight excluding hydrogens is 210 g/mol. The number of hydrogen-bond acceptors (Lipinski definition) is 2. The van der Waals surface area contributed by atoms with E-state index < -0.39 is 0 Å². The van der Waals surface area contributed by atoms with Crippen molar-refractivity contribution in [2.45, 2.75) is 0 Å². The summed E-state index contributed by atoms with van der Waals surface area (Å²) in [6, 6.07) is 17.8. The van der Waals surface area contributed by atoms with Crippen molar-refractivity contribution in [3.8, 4) is 0 Å². The molecule has 0 bridgehead atoms. The zero-order valence-corrected chi connectivity index (χ0v) is 9.19. The van der Waals surface area contributed by atoms with Crippen LogP contribution in [0, 0.1) is 0 Å².